The quantitative estimate of drug-likeness (QED) is 0.462. The molecular formula is C21H22N4O5. The Morgan fingerprint density at radius 1 is 1.13 bits per heavy atom. The van der Waals surface area contributed by atoms with Gasteiger partial charge in [0.1, 0.15) is 12.2 Å². The third-order valence-electron chi connectivity index (χ3n) is 5.19. The van der Waals surface area contributed by atoms with E-state index in [9.17, 15) is 10.3 Å². The van der Waals surface area contributed by atoms with Gasteiger partial charge in [0.05, 0.1) is 18.7 Å². The molecule has 30 heavy (non-hydrogen) atoms. The number of benzene rings is 2. The minimum absolute atomic E-state index is 0.237. The molecule has 0 aliphatic carbocycles. The van der Waals surface area contributed by atoms with E-state index in [-0.39, 0.29) is 12.5 Å². The number of carbonyl (C=O) groups excluding carboxylic acids is 1. The second-order valence-corrected chi connectivity index (χ2v) is 7.02. The molecule has 2 fully saturated rings. The van der Waals surface area contributed by atoms with Gasteiger partial charge in [-0.2, -0.15) is 0 Å². The molecule has 4 rings (SSSR count). The zero-order valence-electron chi connectivity index (χ0n) is 16.3. The number of methoxy groups -OCH3 is 1. The molecule has 0 aromatic heterocycles. The smallest absolute Gasteiger partial charge is 0.251 e. The summed E-state index contributed by atoms with van der Waals surface area (Å²) >= 11 is 0. The lowest BCUT2D eigenvalue weighted by atomic mass is 9.93. The highest BCUT2D eigenvalue weighted by molar-refractivity contribution is 5.94. The van der Waals surface area contributed by atoms with Gasteiger partial charge in [0.25, 0.3) is 5.91 Å². The Kier molecular flexibility index (Phi) is 6.27. The molecule has 2 aromatic rings. The minimum Gasteiger partial charge on any atom is -0.354 e. The summed E-state index contributed by atoms with van der Waals surface area (Å²) in [6.45, 7) is 0.237. The first-order chi connectivity index (χ1) is 14.7. The highest BCUT2D eigenvalue weighted by Crippen LogP contribution is 2.35. The Morgan fingerprint density at radius 3 is 2.50 bits per heavy atom. The van der Waals surface area contributed by atoms with Gasteiger partial charge in [-0.05, 0) is 17.7 Å². The number of fused-ring (bicyclic) bond motifs is 1. The van der Waals surface area contributed by atoms with E-state index in [1.54, 1.807) is 24.3 Å². The number of nitrogens with one attached hydrogen (secondary N) is 1. The number of rotatable bonds is 5. The van der Waals surface area contributed by atoms with Crippen LogP contribution in [0.2, 0.25) is 0 Å². The maximum absolute atomic E-state index is 12.7. The summed E-state index contributed by atoms with van der Waals surface area (Å²) in [5.74, 6) is -0.325. The fourth-order valence-electron chi connectivity index (χ4n) is 3.75. The summed E-state index contributed by atoms with van der Waals surface area (Å²) in [6.07, 6.45) is -2.57. The molecule has 0 saturated carbocycles. The van der Waals surface area contributed by atoms with Crippen molar-refractivity contribution < 1.29 is 23.7 Å². The molecule has 1 amide bonds. The molecule has 9 heteroatoms. The molecule has 0 bridgehead atoms. The van der Waals surface area contributed by atoms with Crippen LogP contribution in [0.3, 0.4) is 0 Å². The normalized spacial score (nSPS) is 30.6. The molecule has 1 N–H and O–H groups in total. The molecule has 0 spiro atoms. The van der Waals surface area contributed by atoms with Crippen molar-refractivity contribution >= 4 is 5.91 Å². The third-order valence-corrected chi connectivity index (χ3v) is 5.19. The molecule has 2 aliphatic heterocycles. The Morgan fingerprint density at radius 2 is 1.83 bits per heavy atom. The van der Waals surface area contributed by atoms with Gasteiger partial charge in [-0.25, -0.2) is 0 Å². The first kappa shape index (κ1) is 20.3. The number of hydrogen-bond donors (Lipinski definition) is 1. The van der Waals surface area contributed by atoms with Crippen molar-refractivity contribution in [3.05, 3.63) is 82.2 Å². The lowest BCUT2D eigenvalue weighted by Gasteiger charge is -2.48. The summed E-state index contributed by atoms with van der Waals surface area (Å²) in [5.41, 5.74) is 10.5. The van der Waals surface area contributed by atoms with Crippen molar-refractivity contribution in [3.8, 4) is 0 Å². The third kappa shape index (κ3) is 4.16. The highest BCUT2D eigenvalue weighted by Gasteiger charge is 2.50. The van der Waals surface area contributed by atoms with Crippen molar-refractivity contribution in [1.82, 2.24) is 5.32 Å². The van der Waals surface area contributed by atoms with E-state index in [1.807, 2.05) is 36.4 Å². The van der Waals surface area contributed by atoms with Crippen LogP contribution in [-0.2, 0) is 18.9 Å². The maximum Gasteiger partial charge on any atom is 0.251 e. The van der Waals surface area contributed by atoms with Crippen LogP contribution in [0, 0.1) is 0 Å². The van der Waals surface area contributed by atoms with Gasteiger partial charge in [0.15, 0.2) is 12.6 Å². The average Bonchev–Trinajstić information content (AvgIpc) is 2.81. The molecule has 6 atom stereocenters. The van der Waals surface area contributed by atoms with Crippen LogP contribution in [0.15, 0.2) is 65.8 Å². The predicted octanol–water partition coefficient (Wildman–Crippen LogP) is 2.95. The molecule has 156 valence electrons. The highest BCUT2D eigenvalue weighted by atomic mass is 16.7. The fraction of sp³-hybridized carbons (Fsp3) is 0.381. The van der Waals surface area contributed by atoms with Crippen LogP contribution in [0.4, 0.5) is 0 Å². The van der Waals surface area contributed by atoms with Crippen molar-refractivity contribution in [1.29, 1.82) is 0 Å². The number of amides is 1. The van der Waals surface area contributed by atoms with Crippen LogP contribution in [0.25, 0.3) is 10.4 Å². The average molecular weight is 410 g/mol. The van der Waals surface area contributed by atoms with Gasteiger partial charge in [0.2, 0.25) is 0 Å². The van der Waals surface area contributed by atoms with Crippen molar-refractivity contribution in [2.45, 2.75) is 36.9 Å². The summed E-state index contributed by atoms with van der Waals surface area (Å²) in [4.78, 5) is 15.7. The molecule has 2 saturated heterocycles. The van der Waals surface area contributed by atoms with E-state index in [0.717, 1.165) is 5.56 Å². The topological polar surface area (TPSA) is 115 Å². The van der Waals surface area contributed by atoms with Crippen LogP contribution in [0.5, 0.6) is 0 Å². The number of azide groups is 1. The van der Waals surface area contributed by atoms with E-state index in [1.165, 1.54) is 7.11 Å². The van der Waals surface area contributed by atoms with Crippen molar-refractivity contribution in [3.63, 3.8) is 0 Å². The Bertz CT molecular complexity index is 906. The van der Waals surface area contributed by atoms with Gasteiger partial charge in [-0.3, -0.25) is 4.79 Å². The van der Waals surface area contributed by atoms with Crippen LogP contribution < -0.4 is 5.32 Å². The first-order valence-corrected chi connectivity index (χ1v) is 9.61. The number of carbonyl (C=O) groups is 1. The van der Waals surface area contributed by atoms with Gasteiger partial charge < -0.3 is 24.3 Å². The number of nitrogens with zero attached hydrogens (tertiary/aromatic N) is 3. The zero-order chi connectivity index (χ0) is 20.9. The molecule has 0 unspecified atom stereocenters. The van der Waals surface area contributed by atoms with Gasteiger partial charge in [-0.1, -0.05) is 53.6 Å². The number of ether oxygens (including phenoxy) is 4. The summed E-state index contributed by atoms with van der Waals surface area (Å²) in [6, 6.07) is 16.7. The molecule has 2 aliphatic rings. The second-order valence-electron chi connectivity index (χ2n) is 7.02. The van der Waals surface area contributed by atoms with Crippen LogP contribution in [0.1, 0.15) is 22.2 Å². The molecule has 2 aromatic carbocycles. The van der Waals surface area contributed by atoms with E-state index in [2.05, 4.69) is 15.3 Å². The largest absolute Gasteiger partial charge is 0.354 e. The van der Waals surface area contributed by atoms with Crippen molar-refractivity contribution in [2.75, 3.05) is 13.7 Å². The standard InChI is InChI=1S/C21H22N4O5/c1-27-21-17(23-19(26)13-8-4-2-5-9-13)16(24-25-22)18-15(29-21)12-28-20(30-18)14-10-6-3-7-11-14/h2-11,15-18,20-21H,12H2,1H3,(H,23,26)/t15-,16+,17-,18-,20+,21-/m1/s1. The zero-order valence-corrected chi connectivity index (χ0v) is 16.3. The van der Waals surface area contributed by atoms with E-state index < -0.39 is 36.9 Å². The summed E-state index contributed by atoms with van der Waals surface area (Å²) in [7, 11) is 1.47. The fourth-order valence-corrected chi connectivity index (χ4v) is 3.75. The van der Waals surface area contributed by atoms with Gasteiger partial charge >= 0.3 is 0 Å². The summed E-state index contributed by atoms with van der Waals surface area (Å²) in [5, 5.41) is 6.83. The van der Waals surface area contributed by atoms with E-state index >= 15 is 0 Å². The lowest BCUT2D eigenvalue weighted by molar-refractivity contribution is -0.322. The first-order valence-electron chi connectivity index (χ1n) is 9.61. The van der Waals surface area contributed by atoms with Crippen LogP contribution >= 0.6 is 0 Å². The maximum atomic E-state index is 12.7. The summed E-state index contributed by atoms with van der Waals surface area (Å²) < 4.78 is 23.4. The predicted molar refractivity (Wildman–Crippen MR) is 106 cm³/mol. The second kappa shape index (κ2) is 9.25. The Balaban J connectivity index is 1.59. The molecular weight excluding hydrogens is 388 g/mol. The Hall–Kier alpha value is -2.94. The monoisotopic (exact) mass is 410 g/mol. The SMILES string of the molecule is CO[C@@H]1O[C@@H]2CO[C@H](c3ccccc3)O[C@H]2[C@@H](N=[N+]=[N-])[C@H]1NC(=O)c1ccccc1. The molecule has 2 heterocycles. The molecule has 9 nitrogen and oxygen atoms in total. The number of hydrogen-bond acceptors (Lipinski definition) is 6. The van der Waals surface area contributed by atoms with Gasteiger partial charge in [0, 0.05) is 23.1 Å². The van der Waals surface area contributed by atoms with Crippen molar-refractivity contribution in [2.24, 2.45) is 5.11 Å². The minimum atomic E-state index is -0.824. The Labute approximate surface area is 173 Å². The van der Waals surface area contributed by atoms with E-state index in [0.29, 0.717) is 5.56 Å². The van der Waals surface area contributed by atoms with E-state index in [4.69, 9.17) is 18.9 Å². The van der Waals surface area contributed by atoms with Crippen LogP contribution in [-0.4, -0.2) is 50.2 Å². The molecule has 0 radical (unpaired) electrons. The van der Waals surface area contributed by atoms with Gasteiger partial charge in [-0.15, -0.1) is 0 Å². The lowest BCUT2D eigenvalue weighted by Crippen LogP contribution is -2.66.